The SMILES string of the molecule is CC(C)(C)Cc1nc(-c2cccc(C(=O)NCCN)c2)no1.Cl. The highest BCUT2D eigenvalue weighted by molar-refractivity contribution is 5.95. The van der Waals surface area contributed by atoms with Gasteiger partial charge in [-0.1, -0.05) is 38.1 Å². The molecule has 126 valence electrons. The zero-order valence-corrected chi connectivity index (χ0v) is 14.4. The van der Waals surface area contributed by atoms with E-state index in [1.54, 1.807) is 18.2 Å². The fraction of sp³-hybridized carbons (Fsp3) is 0.438. The number of amides is 1. The van der Waals surface area contributed by atoms with E-state index in [2.05, 4.69) is 36.2 Å². The van der Waals surface area contributed by atoms with Gasteiger partial charge in [0.15, 0.2) is 0 Å². The Hall–Kier alpha value is -1.92. The van der Waals surface area contributed by atoms with E-state index in [1.807, 2.05) is 6.07 Å². The minimum Gasteiger partial charge on any atom is -0.351 e. The van der Waals surface area contributed by atoms with Crippen LogP contribution < -0.4 is 11.1 Å². The zero-order valence-electron chi connectivity index (χ0n) is 13.6. The van der Waals surface area contributed by atoms with Crippen molar-refractivity contribution >= 4 is 18.3 Å². The molecule has 2 aromatic rings. The van der Waals surface area contributed by atoms with E-state index in [0.29, 0.717) is 36.8 Å². The molecule has 2 rings (SSSR count). The Kier molecular flexibility index (Phi) is 6.72. The van der Waals surface area contributed by atoms with Gasteiger partial charge in [-0.25, -0.2) is 0 Å². The smallest absolute Gasteiger partial charge is 0.251 e. The van der Waals surface area contributed by atoms with Crippen molar-refractivity contribution in [2.24, 2.45) is 11.1 Å². The minimum absolute atomic E-state index is 0. The molecule has 1 amide bonds. The quantitative estimate of drug-likeness (QED) is 0.873. The van der Waals surface area contributed by atoms with Crippen LogP contribution in [0.1, 0.15) is 37.0 Å². The first-order valence-corrected chi connectivity index (χ1v) is 7.30. The van der Waals surface area contributed by atoms with Gasteiger partial charge in [-0.3, -0.25) is 4.79 Å². The Morgan fingerprint density at radius 1 is 1.35 bits per heavy atom. The second-order valence-corrected chi connectivity index (χ2v) is 6.37. The van der Waals surface area contributed by atoms with Crippen LogP contribution in [0.4, 0.5) is 0 Å². The first-order valence-electron chi connectivity index (χ1n) is 7.30. The summed E-state index contributed by atoms with van der Waals surface area (Å²) in [7, 11) is 0. The largest absolute Gasteiger partial charge is 0.351 e. The van der Waals surface area contributed by atoms with Gasteiger partial charge in [0, 0.05) is 30.6 Å². The molecule has 0 atom stereocenters. The molecule has 0 aliphatic rings. The van der Waals surface area contributed by atoms with Crippen molar-refractivity contribution < 1.29 is 9.32 Å². The summed E-state index contributed by atoms with van der Waals surface area (Å²) in [5.74, 6) is 0.930. The van der Waals surface area contributed by atoms with Gasteiger partial charge < -0.3 is 15.6 Å². The van der Waals surface area contributed by atoms with Crippen LogP contribution in [0.3, 0.4) is 0 Å². The summed E-state index contributed by atoms with van der Waals surface area (Å²) in [5.41, 5.74) is 6.76. The van der Waals surface area contributed by atoms with Gasteiger partial charge >= 0.3 is 0 Å². The topological polar surface area (TPSA) is 94.0 Å². The van der Waals surface area contributed by atoms with Crippen LogP contribution in [0.5, 0.6) is 0 Å². The van der Waals surface area contributed by atoms with Gasteiger partial charge in [-0.05, 0) is 17.5 Å². The number of carbonyl (C=O) groups excluding carboxylic acids is 1. The van der Waals surface area contributed by atoms with Gasteiger partial charge in [0.2, 0.25) is 11.7 Å². The van der Waals surface area contributed by atoms with Crippen molar-refractivity contribution in [3.8, 4) is 11.4 Å². The molecule has 3 N–H and O–H groups in total. The van der Waals surface area contributed by atoms with Gasteiger partial charge in [0.1, 0.15) is 0 Å². The lowest BCUT2D eigenvalue weighted by atomic mass is 9.92. The van der Waals surface area contributed by atoms with Crippen molar-refractivity contribution in [3.05, 3.63) is 35.7 Å². The Balaban J connectivity index is 0.00000264. The molecule has 0 saturated heterocycles. The van der Waals surface area contributed by atoms with Crippen LogP contribution in [-0.2, 0) is 6.42 Å². The molecular weight excluding hydrogens is 316 g/mol. The van der Waals surface area contributed by atoms with Crippen LogP contribution in [0.2, 0.25) is 0 Å². The van der Waals surface area contributed by atoms with Gasteiger partial charge in [0.25, 0.3) is 5.91 Å². The number of benzene rings is 1. The van der Waals surface area contributed by atoms with Crippen LogP contribution in [0.25, 0.3) is 11.4 Å². The molecule has 0 radical (unpaired) electrons. The molecule has 1 aromatic heterocycles. The predicted molar refractivity (Wildman–Crippen MR) is 91.5 cm³/mol. The average molecular weight is 339 g/mol. The number of rotatable bonds is 5. The maximum absolute atomic E-state index is 11.9. The lowest BCUT2D eigenvalue weighted by Gasteiger charge is -2.13. The number of carbonyl (C=O) groups is 1. The molecule has 0 spiro atoms. The molecular formula is C16H23ClN4O2. The van der Waals surface area contributed by atoms with Crippen LogP contribution >= 0.6 is 12.4 Å². The number of nitrogens with two attached hydrogens (primary N) is 1. The molecule has 0 aliphatic heterocycles. The van der Waals surface area contributed by atoms with Crippen LogP contribution in [0.15, 0.2) is 28.8 Å². The molecule has 1 aromatic carbocycles. The number of nitrogens with one attached hydrogen (secondary N) is 1. The van der Waals surface area contributed by atoms with E-state index in [0.717, 1.165) is 5.56 Å². The summed E-state index contributed by atoms with van der Waals surface area (Å²) in [6.07, 6.45) is 0.705. The number of halogens is 1. The van der Waals surface area contributed by atoms with E-state index >= 15 is 0 Å². The van der Waals surface area contributed by atoms with E-state index in [9.17, 15) is 4.79 Å². The number of hydrogen-bond acceptors (Lipinski definition) is 5. The van der Waals surface area contributed by atoms with E-state index in [4.69, 9.17) is 10.3 Å². The molecule has 0 bridgehead atoms. The molecule has 0 fully saturated rings. The summed E-state index contributed by atoms with van der Waals surface area (Å²) in [6, 6.07) is 7.14. The molecule has 7 heteroatoms. The highest BCUT2D eigenvalue weighted by Crippen LogP contribution is 2.22. The second kappa shape index (κ2) is 8.08. The fourth-order valence-electron chi connectivity index (χ4n) is 1.98. The highest BCUT2D eigenvalue weighted by Gasteiger charge is 2.17. The summed E-state index contributed by atoms with van der Waals surface area (Å²) in [5, 5.41) is 6.73. The van der Waals surface area contributed by atoms with E-state index < -0.39 is 0 Å². The first-order chi connectivity index (χ1) is 10.4. The highest BCUT2D eigenvalue weighted by atomic mass is 35.5. The number of hydrogen-bond donors (Lipinski definition) is 2. The molecule has 1 heterocycles. The van der Waals surface area contributed by atoms with Crippen molar-refractivity contribution in [1.82, 2.24) is 15.5 Å². The van der Waals surface area contributed by atoms with Crippen LogP contribution in [-0.4, -0.2) is 29.1 Å². The van der Waals surface area contributed by atoms with Crippen LogP contribution in [0, 0.1) is 5.41 Å². The Bertz CT molecular complexity index is 650. The van der Waals surface area contributed by atoms with Gasteiger partial charge in [0.05, 0.1) is 0 Å². The predicted octanol–water partition coefficient (Wildman–Crippen LogP) is 2.44. The summed E-state index contributed by atoms with van der Waals surface area (Å²) >= 11 is 0. The van der Waals surface area contributed by atoms with Crippen molar-refractivity contribution in [2.45, 2.75) is 27.2 Å². The van der Waals surface area contributed by atoms with E-state index in [1.165, 1.54) is 0 Å². The standard InChI is InChI=1S/C16H22N4O2.ClH/c1-16(2,3)10-13-19-14(20-22-13)11-5-4-6-12(9-11)15(21)18-8-7-17;/h4-6,9H,7-8,10,17H2,1-3H3,(H,18,21);1H. The zero-order chi connectivity index (χ0) is 16.2. The molecule has 0 saturated carbocycles. The normalized spacial score (nSPS) is 11.0. The van der Waals surface area contributed by atoms with E-state index in [-0.39, 0.29) is 23.7 Å². The average Bonchev–Trinajstić information content (AvgIpc) is 2.91. The minimum atomic E-state index is -0.161. The maximum atomic E-state index is 11.9. The molecule has 0 aliphatic carbocycles. The van der Waals surface area contributed by atoms with Gasteiger partial charge in [-0.2, -0.15) is 4.98 Å². The number of aromatic nitrogens is 2. The summed E-state index contributed by atoms with van der Waals surface area (Å²) in [6.45, 7) is 7.19. The van der Waals surface area contributed by atoms with Crippen molar-refractivity contribution in [2.75, 3.05) is 13.1 Å². The third kappa shape index (κ3) is 5.65. The molecule has 6 nitrogen and oxygen atoms in total. The Morgan fingerprint density at radius 3 is 2.74 bits per heavy atom. The fourth-order valence-corrected chi connectivity index (χ4v) is 1.98. The molecule has 0 unspecified atom stereocenters. The lowest BCUT2D eigenvalue weighted by Crippen LogP contribution is -2.28. The third-order valence-electron chi connectivity index (χ3n) is 2.96. The first kappa shape index (κ1) is 19.1. The Morgan fingerprint density at radius 2 is 2.09 bits per heavy atom. The maximum Gasteiger partial charge on any atom is 0.251 e. The summed E-state index contributed by atoms with van der Waals surface area (Å²) < 4.78 is 5.28. The Labute approximate surface area is 142 Å². The van der Waals surface area contributed by atoms with Crippen molar-refractivity contribution in [3.63, 3.8) is 0 Å². The van der Waals surface area contributed by atoms with Gasteiger partial charge in [-0.15, -0.1) is 12.4 Å². The monoisotopic (exact) mass is 338 g/mol. The summed E-state index contributed by atoms with van der Waals surface area (Å²) in [4.78, 5) is 16.3. The second-order valence-electron chi connectivity index (χ2n) is 6.37. The lowest BCUT2D eigenvalue weighted by molar-refractivity contribution is 0.0955. The third-order valence-corrected chi connectivity index (χ3v) is 2.96. The molecule has 23 heavy (non-hydrogen) atoms. The number of nitrogens with zero attached hydrogens (tertiary/aromatic N) is 2. The van der Waals surface area contributed by atoms with Crippen molar-refractivity contribution in [1.29, 1.82) is 0 Å².